The lowest BCUT2D eigenvalue weighted by molar-refractivity contribution is 0.157. The smallest absolute Gasteiger partial charge is 0.194 e. The maximum Gasteiger partial charge on any atom is 0.194 e. The molecule has 0 aliphatic carbocycles. The number of ether oxygens (including phenoxy) is 1. The highest BCUT2D eigenvalue weighted by Crippen LogP contribution is 2.21. The van der Waals surface area contributed by atoms with Crippen molar-refractivity contribution < 1.29 is 9.13 Å². The molecule has 1 aromatic carbocycles. The zero-order valence-corrected chi connectivity index (χ0v) is 16.6. The third kappa shape index (κ3) is 5.34. The van der Waals surface area contributed by atoms with Crippen molar-refractivity contribution >= 4 is 11.6 Å². The predicted octanol–water partition coefficient (Wildman–Crippen LogP) is 3.11. The van der Waals surface area contributed by atoms with Crippen LogP contribution < -0.4 is 10.2 Å². The molecule has 1 aromatic rings. The van der Waals surface area contributed by atoms with Gasteiger partial charge in [-0.3, -0.25) is 0 Å². The molecule has 1 heterocycles. The number of hydrogen-bond acceptors (Lipinski definition) is 3. The SMILES string of the molecule is CCNC(=NCc1ccc(N(CC)CC)c(F)c1)N1CCC(COC)C1. The Hall–Kier alpha value is -1.82. The van der Waals surface area contributed by atoms with Gasteiger partial charge in [0, 0.05) is 45.8 Å². The zero-order chi connectivity index (χ0) is 18.9. The molecule has 6 heteroatoms. The second-order valence-electron chi connectivity index (χ2n) is 6.68. The molecule has 26 heavy (non-hydrogen) atoms. The van der Waals surface area contributed by atoms with Crippen LogP contribution in [0.4, 0.5) is 10.1 Å². The first-order chi connectivity index (χ1) is 12.6. The van der Waals surface area contributed by atoms with Crippen LogP contribution in [0.1, 0.15) is 32.8 Å². The number of hydrogen-bond donors (Lipinski definition) is 1. The van der Waals surface area contributed by atoms with Crippen molar-refractivity contribution in [3.63, 3.8) is 0 Å². The van der Waals surface area contributed by atoms with Crippen LogP contribution in [-0.2, 0) is 11.3 Å². The van der Waals surface area contributed by atoms with Gasteiger partial charge in [-0.2, -0.15) is 0 Å². The number of nitrogens with zero attached hydrogens (tertiary/aromatic N) is 3. The quantitative estimate of drug-likeness (QED) is 0.568. The Kier molecular flexibility index (Phi) is 8.16. The van der Waals surface area contributed by atoms with Crippen molar-refractivity contribution in [1.82, 2.24) is 10.2 Å². The molecular formula is C20H33FN4O. The second-order valence-corrected chi connectivity index (χ2v) is 6.68. The first kappa shape index (κ1) is 20.5. The fraction of sp³-hybridized carbons (Fsp3) is 0.650. The van der Waals surface area contributed by atoms with Crippen LogP contribution in [0.2, 0.25) is 0 Å². The number of anilines is 1. The molecule has 1 aliphatic rings. The van der Waals surface area contributed by atoms with Crippen LogP contribution in [0.25, 0.3) is 0 Å². The van der Waals surface area contributed by atoms with E-state index in [-0.39, 0.29) is 5.82 Å². The van der Waals surface area contributed by atoms with Crippen molar-refractivity contribution in [3.8, 4) is 0 Å². The first-order valence-electron chi connectivity index (χ1n) is 9.68. The van der Waals surface area contributed by atoms with Gasteiger partial charge in [-0.15, -0.1) is 0 Å². The maximum absolute atomic E-state index is 14.5. The van der Waals surface area contributed by atoms with Crippen LogP contribution in [-0.4, -0.2) is 57.3 Å². The highest BCUT2D eigenvalue weighted by atomic mass is 19.1. The molecule has 0 spiro atoms. The van der Waals surface area contributed by atoms with Crippen molar-refractivity contribution in [2.75, 3.05) is 51.3 Å². The van der Waals surface area contributed by atoms with E-state index in [1.807, 2.05) is 30.9 Å². The number of aliphatic imine (C=N–C) groups is 1. The number of likely N-dealkylation sites (tertiary alicyclic amines) is 1. The summed E-state index contributed by atoms with van der Waals surface area (Å²) in [5.74, 6) is 1.28. The van der Waals surface area contributed by atoms with Crippen molar-refractivity contribution in [1.29, 1.82) is 0 Å². The van der Waals surface area contributed by atoms with Crippen LogP contribution in [0.3, 0.4) is 0 Å². The van der Waals surface area contributed by atoms with E-state index < -0.39 is 0 Å². The number of benzene rings is 1. The van der Waals surface area contributed by atoms with Gasteiger partial charge >= 0.3 is 0 Å². The summed E-state index contributed by atoms with van der Waals surface area (Å²) in [6.45, 7) is 11.8. The van der Waals surface area contributed by atoms with E-state index in [0.29, 0.717) is 18.2 Å². The van der Waals surface area contributed by atoms with E-state index >= 15 is 0 Å². The Morgan fingerprint density at radius 1 is 1.35 bits per heavy atom. The summed E-state index contributed by atoms with van der Waals surface area (Å²) in [5, 5.41) is 3.35. The largest absolute Gasteiger partial charge is 0.384 e. The predicted molar refractivity (Wildman–Crippen MR) is 106 cm³/mol. The topological polar surface area (TPSA) is 40.1 Å². The van der Waals surface area contributed by atoms with Gasteiger partial charge in [-0.25, -0.2) is 9.38 Å². The summed E-state index contributed by atoms with van der Waals surface area (Å²) >= 11 is 0. The molecule has 5 nitrogen and oxygen atoms in total. The second kappa shape index (κ2) is 10.4. The molecule has 1 N–H and O–H groups in total. The monoisotopic (exact) mass is 364 g/mol. The van der Waals surface area contributed by atoms with Gasteiger partial charge in [0.2, 0.25) is 0 Å². The van der Waals surface area contributed by atoms with Crippen LogP contribution >= 0.6 is 0 Å². The highest BCUT2D eigenvalue weighted by molar-refractivity contribution is 5.80. The highest BCUT2D eigenvalue weighted by Gasteiger charge is 2.24. The summed E-state index contributed by atoms with van der Waals surface area (Å²) in [6, 6.07) is 5.45. The number of rotatable bonds is 8. The van der Waals surface area contributed by atoms with Gasteiger partial charge < -0.3 is 19.9 Å². The molecule has 1 fully saturated rings. The maximum atomic E-state index is 14.5. The molecule has 0 radical (unpaired) electrons. The van der Waals surface area contributed by atoms with E-state index in [1.165, 1.54) is 0 Å². The molecule has 146 valence electrons. The standard InChI is InChI=1S/C20H33FN4O/c1-5-22-20(25-11-10-17(14-25)15-26-4)23-13-16-8-9-19(18(21)12-16)24(6-2)7-3/h8-9,12,17H,5-7,10-11,13-15H2,1-4H3,(H,22,23). The van der Waals surface area contributed by atoms with Crippen LogP contribution in [0.5, 0.6) is 0 Å². The lowest BCUT2D eigenvalue weighted by atomic mass is 10.1. The molecular weight excluding hydrogens is 331 g/mol. The van der Waals surface area contributed by atoms with Gasteiger partial charge in [-0.05, 0) is 44.9 Å². The van der Waals surface area contributed by atoms with Gasteiger partial charge in [0.05, 0.1) is 18.8 Å². The Morgan fingerprint density at radius 2 is 2.12 bits per heavy atom. The molecule has 1 aliphatic heterocycles. The minimum atomic E-state index is -0.173. The normalized spacial score (nSPS) is 17.7. The van der Waals surface area contributed by atoms with Crippen LogP contribution in [0, 0.1) is 11.7 Å². The Bertz CT molecular complexity index is 589. The Labute approximate surface area is 157 Å². The molecule has 0 saturated carbocycles. The molecule has 1 unspecified atom stereocenters. The van der Waals surface area contributed by atoms with E-state index in [9.17, 15) is 4.39 Å². The molecule has 1 atom stereocenters. The van der Waals surface area contributed by atoms with Gasteiger partial charge in [0.15, 0.2) is 5.96 Å². The minimum absolute atomic E-state index is 0.173. The van der Waals surface area contributed by atoms with Gasteiger partial charge in [-0.1, -0.05) is 6.07 Å². The molecule has 0 amide bonds. The third-order valence-corrected chi connectivity index (χ3v) is 4.85. The summed E-state index contributed by atoms with van der Waals surface area (Å²) < 4.78 is 19.7. The molecule has 2 rings (SSSR count). The van der Waals surface area contributed by atoms with Gasteiger partial charge in [0.1, 0.15) is 5.82 Å². The third-order valence-electron chi connectivity index (χ3n) is 4.85. The van der Waals surface area contributed by atoms with Crippen molar-refractivity contribution in [2.45, 2.75) is 33.7 Å². The summed E-state index contributed by atoms with van der Waals surface area (Å²) in [6.07, 6.45) is 1.12. The summed E-state index contributed by atoms with van der Waals surface area (Å²) in [4.78, 5) is 9.02. The average Bonchev–Trinajstić information content (AvgIpc) is 3.10. The van der Waals surface area contributed by atoms with E-state index in [0.717, 1.165) is 57.3 Å². The summed E-state index contributed by atoms with van der Waals surface area (Å²) in [5.41, 5.74) is 1.55. The number of nitrogens with one attached hydrogen (secondary N) is 1. The average molecular weight is 365 g/mol. The van der Waals surface area contributed by atoms with Crippen LogP contribution in [0.15, 0.2) is 23.2 Å². The first-order valence-corrected chi connectivity index (χ1v) is 9.68. The Balaban J connectivity index is 2.06. The molecule has 0 aromatic heterocycles. The minimum Gasteiger partial charge on any atom is -0.384 e. The lowest BCUT2D eigenvalue weighted by Crippen LogP contribution is -2.40. The zero-order valence-electron chi connectivity index (χ0n) is 16.6. The number of guanidine groups is 1. The summed E-state index contributed by atoms with van der Waals surface area (Å²) in [7, 11) is 1.75. The fourth-order valence-electron chi connectivity index (χ4n) is 3.46. The van der Waals surface area contributed by atoms with E-state index in [2.05, 4.69) is 17.1 Å². The molecule has 0 bridgehead atoms. The lowest BCUT2D eigenvalue weighted by Gasteiger charge is -2.22. The Morgan fingerprint density at radius 3 is 2.73 bits per heavy atom. The van der Waals surface area contributed by atoms with Crippen molar-refractivity contribution in [2.24, 2.45) is 10.9 Å². The molecule has 1 saturated heterocycles. The van der Waals surface area contributed by atoms with Crippen molar-refractivity contribution in [3.05, 3.63) is 29.6 Å². The number of methoxy groups -OCH3 is 1. The number of halogens is 1. The van der Waals surface area contributed by atoms with E-state index in [4.69, 9.17) is 9.73 Å². The van der Waals surface area contributed by atoms with Gasteiger partial charge in [0.25, 0.3) is 0 Å². The fourth-order valence-corrected chi connectivity index (χ4v) is 3.46. The van der Waals surface area contributed by atoms with E-state index in [1.54, 1.807) is 13.2 Å².